The third-order valence-corrected chi connectivity index (χ3v) is 3.06. The Balaban J connectivity index is 0.00000243. The van der Waals surface area contributed by atoms with Crippen molar-refractivity contribution < 1.29 is 47.0 Å². The molecule has 0 radical (unpaired) electrons. The summed E-state index contributed by atoms with van der Waals surface area (Å²) in [6, 6.07) is 4.12. The van der Waals surface area contributed by atoms with Gasteiger partial charge in [0, 0.05) is 18.3 Å². The van der Waals surface area contributed by atoms with E-state index in [0.717, 1.165) is 10.7 Å². The first-order valence-corrected chi connectivity index (χ1v) is 7.12. The van der Waals surface area contributed by atoms with Gasteiger partial charge in [-0.1, -0.05) is 11.6 Å². The van der Waals surface area contributed by atoms with Gasteiger partial charge in [0.1, 0.15) is 12.3 Å². The molecule has 0 amide bonds. The first-order chi connectivity index (χ1) is 11.9. The van der Waals surface area contributed by atoms with Gasteiger partial charge in [-0.05, 0) is 6.07 Å². The van der Waals surface area contributed by atoms with Crippen molar-refractivity contribution in [2.75, 3.05) is 6.61 Å². The van der Waals surface area contributed by atoms with E-state index < -0.39 is 19.0 Å². The summed E-state index contributed by atoms with van der Waals surface area (Å²) < 4.78 is 36.1. The van der Waals surface area contributed by atoms with E-state index in [9.17, 15) is 18.7 Å². The first kappa shape index (κ1) is 19.9. The van der Waals surface area contributed by atoms with Crippen molar-refractivity contribution in [3.8, 4) is 17.5 Å². The third-order valence-electron chi connectivity index (χ3n) is 2.86. The summed E-state index contributed by atoms with van der Waals surface area (Å²) in [6.07, 6.45) is -0.299. The van der Waals surface area contributed by atoms with Crippen LogP contribution in [0.3, 0.4) is 0 Å². The van der Waals surface area contributed by atoms with Crippen LogP contribution in [-0.4, -0.2) is 38.6 Å². The van der Waals surface area contributed by atoms with E-state index in [0.29, 0.717) is 0 Å². The number of fused-ring (bicyclic) bond motifs is 1. The van der Waals surface area contributed by atoms with E-state index in [-0.39, 0.29) is 52.7 Å². The number of halogens is 3. The number of rotatable bonds is 6. The van der Waals surface area contributed by atoms with Gasteiger partial charge in [-0.15, -0.1) is 5.10 Å². The van der Waals surface area contributed by atoms with Crippen LogP contribution in [0.5, 0.6) is 17.5 Å². The molecule has 0 fully saturated rings. The molecule has 12 heteroatoms. The summed E-state index contributed by atoms with van der Waals surface area (Å²) in [5.74, 6) is -1.66. The van der Waals surface area contributed by atoms with Crippen molar-refractivity contribution in [2.45, 2.75) is 6.43 Å². The average molecular weight is 377 g/mol. The Bertz CT molecular complexity index is 940. The molecule has 0 bridgehead atoms. The van der Waals surface area contributed by atoms with Gasteiger partial charge in [0.05, 0.1) is 17.2 Å². The number of hydrogen-bond acceptors (Lipinski definition) is 7. The molecule has 0 N–H and O–H groups in total. The van der Waals surface area contributed by atoms with Gasteiger partial charge in [-0.2, -0.15) is 0 Å². The van der Waals surface area contributed by atoms with Crippen molar-refractivity contribution in [3.63, 3.8) is 0 Å². The van der Waals surface area contributed by atoms with Crippen molar-refractivity contribution in [2.24, 2.45) is 0 Å². The fraction of sp³-hybridized carbons (Fsp3) is 0.143. The first-order valence-electron chi connectivity index (χ1n) is 6.74. The van der Waals surface area contributed by atoms with Crippen LogP contribution in [0.4, 0.5) is 8.78 Å². The predicted molar refractivity (Wildman–Crippen MR) is 78.1 cm³/mol. The SMILES string of the molecule is O=C([O-])c1cn2nc(Oc3ncc(Cl)cc3OCC(F)F)ccc2n1.[Li+]. The molecule has 3 heterocycles. The van der Waals surface area contributed by atoms with Crippen LogP contribution in [0, 0.1) is 0 Å². The quantitative estimate of drug-likeness (QED) is 0.487. The molecule has 0 saturated heterocycles. The summed E-state index contributed by atoms with van der Waals surface area (Å²) in [6.45, 7) is -0.860. The molecule has 0 aliphatic rings. The summed E-state index contributed by atoms with van der Waals surface area (Å²) >= 11 is 5.77. The Morgan fingerprint density at radius 2 is 2.15 bits per heavy atom. The van der Waals surface area contributed by atoms with E-state index in [2.05, 4.69) is 15.1 Å². The normalized spacial score (nSPS) is 10.6. The zero-order chi connectivity index (χ0) is 18.0. The molecule has 130 valence electrons. The zero-order valence-corrected chi connectivity index (χ0v) is 14.0. The molecule has 0 saturated carbocycles. The second kappa shape index (κ2) is 8.31. The number of pyridine rings is 1. The Hall–Kier alpha value is -2.41. The molecule has 8 nitrogen and oxygen atoms in total. The van der Waals surface area contributed by atoms with Gasteiger partial charge < -0.3 is 19.4 Å². The maximum absolute atomic E-state index is 12.3. The number of imidazole rings is 1. The number of aromatic nitrogens is 4. The van der Waals surface area contributed by atoms with Crippen LogP contribution in [0.15, 0.2) is 30.6 Å². The fourth-order valence-corrected chi connectivity index (χ4v) is 2.01. The number of alkyl halides is 2. The summed E-state index contributed by atoms with van der Waals surface area (Å²) in [5.41, 5.74) is -0.0417. The summed E-state index contributed by atoms with van der Waals surface area (Å²) in [5, 5.41) is 15.0. The second-order valence-electron chi connectivity index (χ2n) is 4.65. The number of carbonyl (C=O) groups is 1. The minimum atomic E-state index is -2.68. The maximum Gasteiger partial charge on any atom is 1.00 e. The molecule has 0 aliphatic heterocycles. The van der Waals surface area contributed by atoms with Gasteiger partial charge in [0.2, 0.25) is 5.88 Å². The molecular weight excluding hydrogens is 369 g/mol. The van der Waals surface area contributed by atoms with Crippen molar-refractivity contribution in [1.29, 1.82) is 0 Å². The molecule has 0 unspecified atom stereocenters. The minimum Gasteiger partial charge on any atom is -0.543 e. The van der Waals surface area contributed by atoms with E-state index in [1.807, 2.05) is 0 Å². The van der Waals surface area contributed by atoms with Crippen molar-refractivity contribution in [1.82, 2.24) is 19.6 Å². The molecule has 0 aliphatic carbocycles. The van der Waals surface area contributed by atoms with Crippen LogP contribution in [0.1, 0.15) is 10.5 Å². The van der Waals surface area contributed by atoms with Crippen molar-refractivity contribution >= 4 is 23.2 Å². The van der Waals surface area contributed by atoms with Gasteiger partial charge in [-0.3, -0.25) is 0 Å². The fourth-order valence-electron chi connectivity index (χ4n) is 1.86. The smallest absolute Gasteiger partial charge is 0.543 e. The third kappa shape index (κ3) is 4.60. The number of carbonyl (C=O) groups excluding carboxylic acids is 1. The van der Waals surface area contributed by atoms with Gasteiger partial charge >= 0.3 is 18.9 Å². The topological polar surface area (TPSA) is 102 Å². The van der Waals surface area contributed by atoms with Crippen LogP contribution < -0.4 is 33.4 Å². The molecule has 0 atom stereocenters. The molecular formula is C14H8ClF2LiN4O4. The minimum absolute atomic E-state index is 0. The van der Waals surface area contributed by atoms with E-state index in [4.69, 9.17) is 21.1 Å². The average Bonchev–Trinajstić information content (AvgIpc) is 2.98. The number of ether oxygens (including phenoxy) is 2. The number of carboxylic acid groups (broad SMARTS) is 1. The Morgan fingerprint density at radius 1 is 1.38 bits per heavy atom. The summed E-state index contributed by atoms with van der Waals surface area (Å²) in [4.78, 5) is 18.5. The number of nitrogens with zero attached hydrogens (tertiary/aromatic N) is 4. The largest absolute Gasteiger partial charge is 1.00 e. The van der Waals surface area contributed by atoms with E-state index >= 15 is 0 Å². The zero-order valence-electron chi connectivity index (χ0n) is 13.2. The van der Waals surface area contributed by atoms with E-state index in [1.165, 1.54) is 24.4 Å². The van der Waals surface area contributed by atoms with Crippen LogP contribution in [-0.2, 0) is 0 Å². The van der Waals surface area contributed by atoms with Crippen LogP contribution >= 0.6 is 11.6 Å². The molecule has 0 aromatic carbocycles. The Morgan fingerprint density at radius 3 is 2.85 bits per heavy atom. The van der Waals surface area contributed by atoms with Crippen molar-refractivity contribution in [3.05, 3.63) is 41.3 Å². The molecule has 26 heavy (non-hydrogen) atoms. The molecule has 3 rings (SSSR count). The molecule has 3 aromatic heterocycles. The number of hydrogen-bond donors (Lipinski definition) is 0. The predicted octanol–water partition coefficient (Wildman–Crippen LogP) is -1.42. The number of carboxylic acids is 1. The standard InChI is InChI=1S/C14H9ClF2N4O4.Li/c15-7-3-9(24-6-10(16)17)13(18-4-7)25-12-2-1-11-19-8(14(22)23)5-21(11)20-12;/h1-5,10H,6H2,(H,22,23);/q;+1/p-1. The molecule has 0 spiro atoms. The van der Waals surface area contributed by atoms with Gasteiger partial charge in [-0.25, -0.2) is 23.3 Å². The van der Waals surface area contributed by atoms with Crippen LogP contribution in [0.25, 0.3) is 5.65 Å². The van der Waals surface area contributed by atoms with Gasteiger partial charge in [0.25, 0.3) is 12.3 Å². The van der Waals surface area contributed by atoms with E-state index in [1.54, 1.807) is 0 Å². The summed E-state index contributed by atoms with van der Waals surface area (Å²) in [7, 11) is 0. The van der Waals surface area contributed by atoms with Gasteiger partial charge in [0.15, 0.2) is 11.4 Å². The maximum atomic E-state index is 12.3. The monoisotopic (exact) mass is 376 g/mol. The van der Waals surface area contributed by atoms with Crippen LogP contribution in [0.2, 0.25) is 5.02 Å². The molecule has 3 aromatic rings. The Labute approximate surface area is 161 Å². The second-order valence-corrected chi connectivity index (χ2v) is 5.09. The number of aromatic carboxylic acids is 1. The Kier molecular flexibility index (Phi) is 6.36.